The van der Waals surface area contributed by atoms with Crippen LogP contribution in [0.25, 0.3) is 0 Å². The van der Waals surface area contributed by atoms with Crippen LogP contribution in [0.4, 0.5) is 0 Å². The lowest BCUT2D eigenvalue weighted by molar-refractivity contribution is -0.141. The number of carbonyl (C=O) groups is 1. The number of benzene rings is 2. The molecule has 8 nitrogen and oxygen atoms in total. The maximum atomic E-state index is 12.9. The second-order valence-corrected chi connectivity index (χ2v) is 7.86. The van der Waals surface area contributed by atoms with Gasteiger partial charge in [0.15, 0.2) is 23.0 Å². The summed E-state index contributed by atoms with van der Waals surface area (Å²) in [6.07, 6.45) is 0. The van der Waals surface area contributed by atoms with E-state index in [2.05, 4.69) is 5.32 Å². The van der Waals surface area contributed by atoms with Gasteiger partial charge in [0, 0.05) is 17.9 Å². The highest BCUT2D eigenvalue weighted by molar-refractivity contribution is 5.79. The molecule has 31 heavy (non-hydrogen) atoms. The molecule has 1 N–H and O–H groups in total. The number of hydrogen-bond donors (Lipinski definition) is 1. The van der Waals surface area contributed by atoms with Crippen LogP contribution in [0.15, 0.2) is 24.3 Å². The van der Waals surface area contributed by atoms with Crippen LogP contribution >= 0.6 is 0 Å². The number of nitrogens with one attached hydrogen (secondary N) is 1. The minimum Gasteiger partial charge on any atom is -0.493 e. The zero-order valence-corrected chi connectivity index (χ0v) is 17.9. The predicted octanol–water partition coefficient (Wildman–Crippen LogP) is 2.64. The molecule has 1 unspecified atom stereocenters. The number of hydrogen-bond acceptors (Lipinski definition) is 8. The first-order chi connectivity index (χ1) is 15.1. The van der Waals surface area contributed by atoms with Gasteiger partial charge in [-0.1, -0.05) is 0 Å². The Labute approximate surface area is 180 Å². The average molecular weight is 427 g/mol. The number of ether oxygens (including phenoxy) is 6. The zero-order chi connectivity index (χ0) is 21.7. The summed E-state index contributed by atoms with van der Waals surface area (Å²) >= 11 is 0. The number of rotatable bonds is 5. The second-order valence-electron chi connectivity index (χ2n) is 7.86. The van der Waals surface area contributed by atoms with Crippen LogP contribution in [0.3, 0.4) is 0 Å². The molecule has 2 heterocycles. The molecular weight excluding hydrogens is 402 g/mol. The summed E-state index contributed by atoms with van der Waals surface area (Å²) in [6, 6.07) is 7.77. The highest BCUT2D eigenvalue weighted by Gasteiger charge is 2.52. The van der Waals surface area contributed by atoms with E-state index < -0.39 is 0 Å². The fraction of sp³-hybridized carbons (Fsp3) is 0.435. The molecule has 0 amide bonds. The van der Waals surface area contributed by atoms with Gasteiger partial charge in [-0.15, -0.1) is 0 Å². The van der Waals surface area contributed by atoms with Crippen molar-refractivity contribution in [2.75, 3.05) is 41.8 Å². The Bertz CT molecular complexity index is 1010. The van der Waals surface area contributed by atoms with Gasteiger partial charge in [-0.05, 0) is 48.0 Å². The van der Waals surface area contributed by atoms with Crippen LogP contribution in [-0.4, -0.2) is 47.7 Å². The molecule has 1 saturated heterocycles. The third-order valence-corrected chi connectivity index (χ3v) is 6.54. The lowest BCUT2D eigenvalue weighted by Crippen LogP contribution is -2.39. The van der Waals surface area contributed by atoms with Crippen molar-refractivity contribution in [2.45, 2.75) is 12.0 Å². The lowest BCUT2D eigenvalue weighted by atomic mass is 9.65. The summed E-state index contributed by atoms with van der Waals surface area (Å²) in [5.74, 6) is 2.14. The number of fused-ring (bicyclic) bond motifs is 3. The molecule has 5 rings (SSSR count). The van der Waals surface area contributed by atoms with E-state index in [0.29, 0.717) is 35.4 Å². The number of esters is 1. The van der Waals surface area contributed by atoms with Gasteiger partial charge in [0.1, 0.15) is 0 Å². The van der Waals surface area contributed by atoms with Crippen molar-refractivity contribution in [1.29, 1.82) is 0 Å². The molecule has 0 saturated carbocycles. The Kier molecular flexibility index (Phi) is 4.81. The van der Waals surface area contributed by atoms with E-state index in [9.17, 15) is 4.79 Å². The third-order valence-electron chi connectivity index (χ3n) is 6.54. The summed E-state index contributed by atoms with van der Waals surface area (Å²) in [5.41, 5.74) is 2.96. The molecule has 0 bridgehead atoms. The van der Waals surface area contributed by atoms with E-state index >= 15 is 0 Å². The van der Waals surface area contributed by atoms with Gasteiger partial charge in [0.05, 0.1) is 33.9 Å². The van der Waals surface area contributed by atoms with Gasteiger partial charge in [-0.2, -0.15) is 0 Å². The van der Waals surface area contributed by atoms with Crippen LogP contribution in [0.5, 0.6) is 28.7 Å². The first kappa shape index (κ1) is 19.8. The summed E-state index contributed by atoms with van der Waals surface area (Å²) in [6.45, 7) is 0.552. The van der Waals surface area contributed by atoms with E-state index in [1.807, 2.05) is 31.3 Å². The Morgan fingerprint density at radius 1 is 0.903 bits per heavy atom. The Balaban J connectivity index is 1.75. The summed E-state index contributed by atoms with van der Waals surface area (Å²) in [5, 5.41) is 3.38. The topological polar surface area (TPSA) is 84.5 Å². The smallest absolute Gasteiger partial charge is 0.310 e. The Morgan fingerprint density at radius 3 is 2.13 bits per heavy atom. The fourth-order valence-corrected chi connectivity index (χ4v) is 5.21. The van der Waals surface area contributed by atoms with Crippen LogP contribution in [0.2, 0.25) is 0 Å². The zero-order valence-electron chi connectivity index (χ0n) is 17.9. The van der Waals surface area contributed by atoms with Gasteiger partial charge in [-0.3, -0.25) is 4.79 Å². The molecule has 164 valence electrons. The van der Waals surface area contributed by atoms with E-state index in [4.69, 9.17) is 28.4 Å². The molecule has 1 aliphatic carbocycles. The van der Waals surface area contributed by atoms with Gasteiger partial charge in [0.2, 0.25) is 12.5 Å². The van der Waals surface area contributed by atoms with Crippen molar-refractivity contribution < 1.29 is 33.2 Å². The summed E-state index contributed by atoms with van der Waals surface area (Å²) < 4.78 is 33.5. The predicted molar refractivity (Wildman–Crippen MR) is 110 cm³/mol. The van der Waals surface area contributed by atoms with Crippen molar-refractivity contribution in [3.05, 3.63) is 41.0 Å². The minimum absolute atomic E-state index is 0.0190. The quantitative estimate of drug-likeness (QED) is 0.729. The van der Waals surface area contributed by atoms with E-state index in [-0.39, 0.29) is 36.6 Å². The van der Waals surface area contributed by atoms with Gasteiger partial charge in [-0.25, -0.2) is 0 Å². The molecule has 3 aliphatic rings. The summed E-state index contributed by atoms with van der Waals surface area (Å²) in [7, 11) is 6.63. The standard InChI is InChI=1S/C23H25NO7/c1-24-21-13-8-16-15(30-10-31-16)7-12(13)19(20-14(21)9-29-23(20)25)11-5-17(26-2)22(28-4)18(6-11)27-3/h5-8,14,19-21,24H,9-10H2,1-4H3/t14-,19?,20-,21+/m0/s1. The first-order valence-electron chi connectivity index (χ1n) is 10.2. The van der Waals surface area contributed by atoms with Gasteiger partial charge in [0.25, 0.3) is 0 Å². The maximum Gasteiger partial charge on any atom is 0.310 e. The molecule has 0 spiro atoms. The van der Waals surface area contributed by atoms with Crippen molar-refractivity contribution in [2.24, 2.45) is 11.8 Å². The SMILES string of the molecule is CN[C@@H]1c2cc3c(cc2C(c2cc(OC)c(OC)c(OC)c2)[C@H]2C(=O)OC[C@H]12)OCO3. The van der Waals surface area contributed by atoms with Crippen LogP contribution in [0, 0.1) is 11.8 Å². The third kappa shape index (κ3) is 2.89. The van der Waals surface area contributed by atoms with Crippen molar-refractivity contribution >= 4 is 5.97 Å². The number of methoxy groups -OCH3 is 3. The molecule has 0 radical (unpaired) electrons. The lowest BCUT2D eigenvalue weighted by Gasteiger charge is -2.39. The van der Waals surface area contributed by atoms with E-state index in [1.165, 1.54) is 0 Å². The molecular formula is C23H25NO7. The van der Waals surface area contributed by atoms with Crippen molar-refractivity contribution in [3.63, 3.8) is 0 Å². The summed E-state index contributed by atoms with van der Waals surface area (Å²) in [4.78, 5) is 12.9. The minimum atomic E-state index is -0.354. The molecule has 0 aromatic heterocycles. The maximum absolute atomic E-state index is 12.9. The molecule has 1 fully saturated rings. The molecule has 2 aliphatic heterocycles. The fourth-order valence-electron chi connectivity index (χ4n) is 5.21. The van der Waals surface area contributed by atoms with Crippen LogP contribution < -0.4 is 29.0 Å². The molecule has 2 aromatic carbocycles. The molecule has 4 atom stereocenters. The van der Waals surface area contributed by atoms with Crippen molar-refractivity contribution in [1.82, 2.24) is 5.32 Å². The van der Waals surface area contributed by atoms with E-state index in [1.54, 1.807) is 21.3 Å². The second kappa shape index (κ2) is 7.53. The van der Waals surface area contributed by atoms with Gasteiger partial charge >= 0.3 is 5.97 Å². The normalized spacial score (nSPS) is 25.5. The Hall–Kier alpha value is -3.13. The highest BCUT2D eigenvalue weighted by atomic mass is 16.7. The number of carbonyl (C=O) groups excluding carboxylic acids is 1. The highest BCUT2D eigenvalue weighted by Crippen LogP contribution is 2.55. The first-order valence-corrected chi connectivity index (χ1v) is 10.2. The van der Waals surface area contributed by atoms with E-state index in [0.717, 1.165) is 16.7 Å². The number of cyclic esters (lactones) is 1. The van der Waals surface area contributed by atoms with Crippen LogP contribution in [0.1, 0.15) is 28.7 Å². The molecule has 8 heteroatoms. The molecule has 2 aromatic rings. The van der Waals surface area contributed by atoms with Crippen molar-refractivity contribution in [3.8, 4) is 28.7 Å². The average Bonchev–Trinajstić information content (AvgIpc) is 3.41. The van der Waals surface area contributed by atoms with Crippen LogP contribution in [-0.2, 0) is 9.53 Å². The Morgan fingerprint density at radius 2 is 1.55 bits per heavy atom. The largest absolute Gasteiger partial charge is 0.493 e. The monoisotopic (exact) mass is 427 g/mol. The van der Waals surface area contributed by atoms with Gasteiger partial charge < -0.3 is 33.7 Å².